The van der Waals surface area contributed by atoms with Crippen molar-refractivity contribution in [2.24, 2.45) is 5.92 Å². The summed E-state index contributed by atoms with van der Waals surface area (Å²) in [5.74, 6) is -4.99. The van der Waals surface area contributed by atoms with E-state index < -0.39 is 48.3 Å². The van der Waals surface area contributed by atoms with Gasteiger partial charge in [0.25, 0.3) is 0 Å². The van der Waals surface area contributed by atoms with Crippen LogP contribution in [0.4, 0.5) is 0 Å². The van der Waals surface area contributed by atoms with Gasteiger partial charge in [-0.25, -0.2) is 19.2 Å². The second-order valence-electron chi connectivity index (χ2n) is 13.3. The van der Waals surface area contributed by atoms with Gasteiger partial charge in [-0.1, -0.05) is 6.07 Å². The summed E-state index contributed by atoms with van der Waals surface area (Å²) in [4.78, 5) is 55.9. The van der Waals surface area contributed by atoms with Gasteiger partial charge >= 0.3 is 29.8 Å². The van der Waals surface area contributed by atoms with Crippen molar-refractivity contribution in [2.75, 3.05) is 53.0 Å². The maximum absolute atomic E-state index is 11.9. The number of likely N-dealkylation sites (N-methyl/N-ethyl adjacent to an activating group) is 1. The monoisotopic (exact) mass is 742 g/mol. The topological polar surface area (TPSA) is 291 Å². The normalized spacial score (nSPS) is 28.0. The molecule has 2 aliphatic carbocycles. The fraction of sp³-hybridized carbons (Fsp3) is 0.667. The third-order valence-electron chi connectivity index (χ3n) is 10.2. The number of carbonyl (C=O) groups excluding carboxylic acids is 1. The molecule has 0 aromatic heterocycles. The van der Waals surface area contributed by atoms with E-state index in [1.807, 2.05) is 0 Å². The van der Waals surface area contributed by atoms with Crippen LogP contribution in [0.25, 0.3) is 0 Å². The largest absolute Gasteiger partial charge is 0.488 e. The fourth-order valence-electron chi connectivity index (χ4n) is 7.78. The Labute approximate surface area is 297 Å². The van der Waals surface area contributed by atoms with E-state index in [0.717, 1.165) is 76.6 Å². The Bertz CT molecular complexity index is 1410. The summed E-state index contributed by atoms with van der Waals surface area (Å²) in [5.41, 5.74) is 2.68. The van der Waals surface area contributed by atoms with Crippen LogP contribution in [0.15, 0.2) is 12.1 Å². The van der Waals surface area contributed by atoms with Gasteiger partial charge in [0, 0.05) is 43.6 Å². The molecular weight excluding hydrogens is 696 g/mol. The summed E-state index contributed by atoms with van der Waals surface area (Å²) in [5, 5.41) is 65.1. The minimum atomic E-state index is -2.27. The number of carboxylic acid groups (broad SMARTS) is 4. The molecule has 2 bridgehead atoms. The molecule has 3 fully saturated rings. The van der Waals surface area contributed by atoms with Crippen molar-refractivity contribution >= 4 is 29.8 Å². The highest BCUT2D eigenvalue weighted by molar-refractivity contribution is 5.83. The third kappa shape index (κ3) is 8.57. The number of hydrogen-bond acceptors (Lipinski definition) is 15. The fourth-order valence-corrected chi connectivity index (χ4v) is 7.78. The minimum absolute atomic E-state index is 0.0674. The zero-order valence-electron chi connectivity index (χ0n) is 28.7. The molecule has 6 rings (SSSR count). The Hall–Kier alpha value is -4.11. The highest BCUT2D eigenvalue weighted by Crippen LogP contribution is 2.64. The van der Waals surface area contributed by atoms with E-state index >= 15 is 0 Å². The lowest BCUT2D eigenvalue weighted by Crippen LogP contribution is -2.66. The third-order valence-corrected chi connectivity index (χ3v) is 10.2. The van der Waals surface area contributed by atoms with Crippen molar-refractivity contribution in [3.8, 4) is 11.5 Å². The van der Waals surface area contributed by atoms with E-state index in [4.69, 9.17) is 59.8 Å². The van der Waals surface area contributed by atoms with E-state index in [1.165, 1.54) is 18.1 Å². The molecule has 19 heteroatoms. The van der Waals surface area contributed by atoms with E-state index in [-0.39, 0.29) is 23.6 Å². The number of ether oxygens (including phenoxy) is 4. The number of aliphatic carboxylic acids is 4. The molecule has 5 aliphatic rings. The molecule has 9 atom stereocenters. The van der Waals surface area contributed by atoms with E-state index in [9.17, 15) is 24.0 Å². The molecule has 2 saturated heterocycles. The van der Waals surface area contributed by atoms with Crippen LogP contribution >= 0.6 is 0 Å². The van der Waals surface area contributed by atoms with Crippen LogP contribution in [0.1, 0.15) is 37.3 Å². The smallest absolute Gasteiger partial charge is 0.335 e. The molecule has 290 valence electrons. The summed E-state index contributed by atoms with van der Waals surface area (Å²) in [7, 11) is 2.26. The van der Waals surface area contributed by atoms with E-state index in [1.54, 1.807) is 0 Å². The molecule has 1 aromatic rings. The molecular formula is C33H46N2O17. The first-order valence-corrected chi connectivity index (χ1v) is 16.8. The molecule has 3 aliphatic heterocycles. The van der Waals surface area contributed by atoms with Gasteiger partial charge in [0.2, 0.25) is 0 Å². The first-order chi connectivity index (χ1) is 24.5. The molecule has 1 aromatic carbocycles. The van der Waals surface area contributed by atoms with Crippen molar-refractivity contribution in [2.45, 2.75) is 80.7 Å². The van der Waals surface area contributed by atoms with Crippen molar-refractivity contribution in [3.05, 3.63) is 23.3 Å². The molecule has 1 spiro atoms. The predicted molar refractivity (Wildman–Crippen MR) is 173 cm³/mol. The summed E-state index contributed by atoms with van der Waals surface area (Å²) in [6.07, 6.45) is -5.31. The number of nitrogens with zero attached hydrogens (tertiary/aromatic N) is 2. The molecule has 1 saturated carbocycles. The van der Waals surface area contributed by atoms with Gasteiger partial charge in [-0.05, 0) is 56.8 Å². The highest BCUT2D eigenvalue weighted by Gasteiger charge is 2.66. The number of piperidine rings is 1. The molecule has 0 amide bonds. The first kappa shape index (κ1) is 40.7. The van der Waals surface area contributed by atoms with Crippen molar-refractivity contribution < 1.29 is 83.8 Å². The van der Waals surface area contributed by atoms with Gasteiger partial charge in [-0.15, -0.1) is 0 Å². The van der Waals surface area contributed by atoms with Crippen LogP contribution < -0.4 is 9.47 Å². The highest BCUT2D eigenvalue weighted by atomic mass is 16.6. The van der Waals surface area contributed by atoms with Crippen LogP contribution in [0.5, 0.6) is 11.5 Å². The number of hydrogen-bond donors (Lipinski definition) is 8. The van der Waals surface area contributed by atoms with Crippen LogP contribution in [0.2, 0.25) is 0 Å². The van der Waals surface area contributed by atoms with Crippen LogP contribution in [0, 0.1) is 5.92 Å². The van der Waals surface area contributed by atoms with Crippen LogP contribution in [-0.2, 0) is 45.3 Å². The van der Waals surface area contributed by atoms with E-state index in [2.05, 4.69) is 29.0 Å². The van der Waals surface area contributed by atoms with Gasteiger partial charge in [0.1, 0.15) is 18.8 Å². The number of carboxylic acids is 4. The molecule has 8 N–H and O–H groups in total. The number of carbonyl (C=O) groups is 5. The van der Waals surface area contributed by atoms with Gasteiger partial charge in [0.05, 0.1) is 13.2 Å². The Morgan fingerprint density at radius 3 is 1.94 bits per heavy atom. The Morgan fingerprint density at radius 1 is 0.865 bits per heavy atom. The number of benzene rings is 1. The van der Waals surface area contributed by atoms with Gasteiger partial charge in [-0.3, -0.25) is 9.69 Å². The Morgan fingerprint density at radius 2 is 1.42 bits per heavy atom. The summed E-state index contributed by atoms with van der Waals surface area (Å²) in [6.45, 7) is 7.60. The molecule has 0 unspecified atom stereocenters. The lowest BCUT2D eigenvalue weighted by atomic mass is 9.51. The quantitative estimate of drug-likeness (QED) is 0.111. The molecule has 52 heavy (non-hydrogen) atoms. The summed E-state index contributed by atoms with van der Waals surface area (Å²) >= 11 is 0. The second kappa shape index (κ2) is 17.1. The second-order valence-corrected chi connectivity index (χ2v) is 13.3. The molecule has 19 nitrogen and oxygen atoms in total. The lowest BCUT2D eigenvalue weighted by Gasteiger charge is -2.58. The lowest BCUT2D eigenvalue weighted by molar-refractivity contribution is -0.165. The number of aliphatic hydroxyl groups excluding tert-OH is 4. The average molecular weight is 743 g/mol. The predicted octanol–water partition coefficient (Wildman–Crippen LogP) is -2.25. The molecule has 3 heterocycles. The van der Waals surface area contributed by atoms with Crippen LogP contribution in [0.3, 0.4) is 0 Å². The SMILES string of the molecule is CC(=O)O[C@H]1CC[C@H]2[C@H]3Cc4ccc(OCCN5CCOCC5)c5c4[C@@]2(CCN3C)[C@H]1O5.O=C(O)[C@H](O)[C@@H](O)C(=O)O.O=C(O)[C@H](O)[C@@H](O)C(=O)O. The number of morpholine rings is 1. The standard InChI is InChI=1S/C25H34N2O5.2C4H6O6/c1-16(28)31-21-6-4-18-19-15-17-3-5-20(30-14-11-27-9-12-29-13-10-27)23-22(17)25(18,24(21)32-23)7-8-26(19)2;2*5-1(3(7)8)2(6)4(9)10/h3,5,18-19,21,24H,4,6-15H2,1-2H3;2*1-2,5-6H,(H,7,8)(H,9,10)/t18-,19+,21-,24-,25-;2*1-,2-/m011/s1. The van der Waals surface area contributed by atoms with Gasteiger partial charge in [-0.2, -0.15) is 0 Å². The van der Waals surface area contributed by atoms with Crippen molar-refractivity contribution in [1.82, 2.24) is 9.80 Å². The maximum atomic E-state index is 11.9. The number of aliphatic hydroxyl groups is 4. The number of likely N-dealkylation sites (tertiary alicyclic amines) is 1. The van der Waals surface area contributed by atoms with Crippen molar-refractivity contribution in [3.63, 3.8) is 0 Å². The molecule has 0 radical (unpaired) electrons. The first-order valence-electron chi connectivity index (χ1n) is 16.8. The minimum Gasteiger partial charge on any atom is -0.488 e. The maximum Gasteiger partial charge on any atom is 0.335 e. The van der Waals surface area contributed by atoms with Crippen LogP contribution in [-0.4, -0.2) is 176 Å². The Kier molecular flexibility index (Phi) is 13.4. The van der Waals surface area contributed by atoms with Gasteiger partial charge < -0.3 is 64.7 Å². The Balaban J connectivity index is 0.000000251. The van der Waals surface area contributed by atoms with Crippen molar-refractivity contribution in [1.29, 1.82) is 0 Å². The number of esters is 1. The average Bonchev–Trinajstić information content (AvgIpc) is 3.46. The summed E-state index contributed by atoms with van der Waals surface area (Å²) < 4.78 is 24.3. The zero-order valence-corrected chi connectivity index (χ0v) is 28.7. The zero-order chi connectivity index (χ0) is 38.5. The van der Waals surface area contributed by atoms with E-state index in [0.29, 0.717) is 18.6 Å². The van der Waals surface area contributed by atoms with Gasteiger partial charge in [0.15, 0.2) is 35.9 Å². The number of rotatable bonds is 11. The summed E-state index contributed by atoms with van der Waals surface area (Å²) in [6, 6.07) is 4.88.